The lowest BCUT2D eigenvalue weighted by Gasteiger charge is -2.29. The third kappa shape index (κ3) is 7.26. The number of alkyl carbamates (subject to hydrolysis) is 1. The van der Waals surface area contributed by atoms with Gasteiger partial charge < -0.3 is 25.4 Å². The zero-order valence-electron chi connectivity index (χ0n) is 15.7. The molecular formula is C19H25N3O6. The number of hydrogen-bond donors (Lipinski definition) is 3. The van der Waals surface area contributed by atoms with E-state index in [0.717, 1.165) is 5.56 Å². The lowest BCUT2D eigenvalue weighted by molar-refractivity contribution is -0.146. The zero-order chi connectivity index (χ0) is 20.4. The number of rotatable bonds is 9. The molecule has 0 bridgehead atoms. The predicted octanol–water partition coefficient (Wildman–Crippen LogP) is 0.629. The Bertz CT molecular complexity index is 694. The van der Waals surface area contributed by atoms with Crippen LogP contribution in [0.4, 0.5) is 4.79 Å². The summed E-state index contributed by atoms with van der Waals surface area (Å²) in [6.45, 7) is 1.66. The van der Waals surface area contributed by atoms with Crippen LogP contribution in [-0.2, 0) is 30.5 Å². The first-order valence-corrected chi connectivity index (χ1v) is 9.14. The third-order valence-corrected chi connectivity index (χ3v) is 4.12. The van der Waals surface area contributed by atoms with Gasteiger partial charge in [-0.1, -0.05) is 30.3 Å². The van der Waals surface area contributed by atoms with E-state index in [2.05, 4.69) is 16.0 Å². The lowest BCUT2D eigenvalue weighted by atomic mass is 10.0. The Morgan fingerprint density at radius 3 is 2.39 bits per heavy atom. The van der Waals surface area contributed by atoms with Crippen LogP contribution < -0.4 is 16.0 Å². The van der Waals surface area contributed by atoms with Crippen LogP contribution in [0.5, 0.6) is 0 Å². The van der Waals surface area contributed by atoms with Crippen LogP contribution in [0.2, 0.25) is 0 Å². The van der Waals surface area contributed by atoms with E-state index in [1.54, 1.807) is 0 Å². The average molecular weight is 391 g/mol. The summed E-state index contributed by atoms with van der Waals surface area (Å²) in [7, 11) is 0. The quantitative estimate of drug-likeness (QED) is 0.419. The van der Waals surface area contributed by atoms with Gasteiger partial charge in [-0.15, -0.1) is 0 Å². The Morgan fingerprint density at radius 2 is 1.68 bits per heavy atom. The number of esters is 1. The van der Waals surface area contributed by atoms with E-state index < -0.39 is 24.1 Å². The van der Waals surface area contributed by atoms with E-state index in [9.17, 15) is 19.2 Å². The van der Waals surface area contributed by atoms with Gasteiger partial charge in [-0.25, -0.2) is 4.79 Å². The molecule has 0 aliphatic carbocycles. The molecular weight excluding hydrogens is 366 g/mol. The zero-order valence-corrected chi connectivity index (χ0v) is 15.7. The molecule has 28 heavy (non-hydrogen) atoms. The lowest BCUT2D eigenvalue weighted by Crippen LogP contribution is -2.63. The monoisotopic (exact) mass is 391 g/mol. The van der Waals surface area contributed by atoms with Gasteiger partial charge in [0.15, 0.2) is 0 Å². The second-order valence-electron chi connectivity index (χ2n) is 6.41. The molecule has 0 aromatic heterocycles. The van der Waals surface area contributed by atoms with Crippen molar-refractivity contribution in [3.8, 4) is 0 Å². The van der Waals surface area contributed by atoms with Crippen LogP contribution in [0.3, 0.4) is 0 Å². The highest BCUT2D eigenvalue weighted by Crippen LogP contribution is 2.07. The number of benzene rings is 1. The van der Waals surface area contributed by atoms with E-state index in [1.165, 1.54) is 6.92 Å². The molecule has 2 atom stereocenters. The maximum absolute atomic E-state index is 12.0. The molecule has 1 saturated heterocycles. The summed E-state index contributed by atoms with van der Waals surface area (Å²) in [6.07, 6.45) is 1.21. The minimum absolute atomic E-state index is 0.186. The first-order valence-electron chi connectivity index (χ1n) is 9.14. The number of hydrogen-bond acceptors (Lipinski definition) is 6. The first-order chi connectivity index (χ1) is 13.5. The summed E-state index contributed by atoms with van der Waals surface area (Å²) < 4.78 is 9.85. The molecule has 9 nitrogen and oxygen atoms in total. The van der Waals surface area contributed by atoms with E-state index in [4.69, 9.17) is 9.47 Å². The van der Waals surface area contributed by atoms with Crippen LogP contribution in [-0.4, -0.2) is 49.1 Å². The SMILES string of the molecule is CC(=O)OC[C@@H]1NC(=O)[C@H](CCCCNC(=O)OCc2ccccc2)NC1=O. The van der Waals surface area contributed by atoms with Gasteiger partial charge in [0.2, 0.25) is 11.8 Å². The molecule has 1 aliphatic heterocycles. The summed E-state index contributed by atoms with van der Waals surface area (Å²) in [5.74, 6) is -1.21. The molecule has 1 aliphatic rings. The molecule has 0 unspecified atom stereocenters. The minimum Gasteiger partial charge on any atom is -0.463 e. The maximum atomic E-state index is 12.0. The summed E-state index contributed by atoms with van der Waals surface area (Å²) >= 11 is 0. The second kappa shape index (κ2) is 10.9. The Morgan fingerprint density at radius 1 is 1.00 bits per heavy atom. The van der Waals surface area contributed by atoms with Crippen molar-refractivity contribution in [1.82, 2.24) is 16.0 Å². The predicted molar refractivity (Wildman–Crippen MR) is 99.0 cm³/mol. The maximum Gasteiger partial charge on any atom is 0.407 e. The highest BCUT2D eigenvalue weighted by molar-refractivity contribution is 5.97. The number of nitrogens with one attached hydrogen (secondary N) is 3. The van der Waals surface area contributed by atoms with E-state index in [-0.39, 0.29) is 25.0 Å². The fourth-order valence-corrected chi connectivity index (χ4v) is 2.64. The number of amides is 3. The highest BCUT2D eigenvalue weighted by Gasteiger charge is 2.33. The van der Waals surface area contributed by atoms with Crippen molar-refractivity contribution in [3.05, 3.63) is 35.9 Å². The Balaban J connectivity index is 1.58. The average Bonchev–Trinajstić information content (AvgIpc) is 2.68. The number of unbranched alkanes of at least 4 members (excludes halogenated alkanes) is 1. The molecule has 2 rings (SSSR count). The van der Waals surface area contributed by atoms with Crippen molar-refractivity contribution >= 4 is 23.9 Å². The summed E-state index contributed by atoms with van der Waals surface area (Å²) in [5, 5.41) is 7.82. The third-order valence-electron chi connectivity index (χ3n) is 4.12. The topological polar surface area (TPSA) is 123 Å². The van der Waals surface area contributed by atoms with Crippen molar-refractivity contribution in [2.45, 2.75) is 44.9 Å². The number of carbonyl (C=O) groups is 4. The molecule has 9 heteroatoms. The normalized spacial score (nSPS) is 18.6. The van der Waals surface area contributed by atoms with Crippen LogP contribution in [0.15, 0.2) is 30.3 Å². The van der Waals surface area contributed by atoms with Crippen molar-refractivity contribution in [2.24, 2.45) is 0 Å². The largest absolute Gasteiger partial charge is 0.463 e. The Hall–Kier alpha value is -3.10. The van der Waals surface area contributed by atoms with Crippen molar-refractivity contribution in [2.75, 3.05) is 13.2 Å². The van der Waals surface area contributed by atoms with Crippen LogP contribution in [0.1, 0.15) is 31.7 Å². The van der Waals surface area contributed by atoms with Gasteiger partial charge in [0.1, 0.15) is 25.3 Å². The van der Waals surface area contributed by atoms with E-state index in [0.29, 0.717) is 25.8 Å². The molecule has 1 fully saturated rings. The number of piperazine rings is 1. The van der Waals surface area contributed by atoms with E-state index in [1.807, 2.05) is 30.3 Å². The van der Waals surface area contributed by atoms with Crippen molar-refractivity contribution < 1.29 is 28.7 Å². The standard InChI is InChI=1S/C19H25N3O6/c1-13(23)27-12-16-18(25)21-15(17(24)22-16)9-5-6-10-20-19(26)28-11-14-7-3-2-4-8-14/h2-4,7-8,15-16H,5-6,9-12H2,1H3,(H,20,26)(H,21,25)(H,22,24)/t15-,16-/m0/s1. The highest BCUT2D eigenvalue weighted by atomic mass is 16.5. The molecule has 1 aromatic rings. The minimum atomic E-state index is -0.867. The van der Waals surface area contributed by atoms with Crippen molar-refractivity contribution in [3.63, 3.8) is 0 Å². The van der Waals surface area contributed by atoms with Crippen LogP contribution in [0.25, 0.3) is 0 Å². The molecule has 0 saturated carbocycles. The smallest absolute Gasteiger partial charge is 0.407 e. The molecule has 1 aromatic carbocycles. The summed E-state index contributed by atoms with van der Waals surface area (Å²) in [6, 6.07) is 7.87. The van der Waals surface area contributed by atoms with Crippen molar-refractivity contribution in [1.29, 1.82) is 0 Å². The molecule has 0 radical (unpaired) electrons. The van der Waals surface area contributed by atoms with Gasteiger partial charge in [0.25, 0.3) is 0 Å². The fraction of sp³-hybridized carbons (Fsp3) is 0.474. The fourth-order valence-electron chi connectivity index (χ4n) is 2.64. The van der Waals surface area contributed by atoms with Gasteiger partial charge >= 0.3 is 12.1 Å². The van der Waals surface area contributed by atoms with Crippen LogP contribution >= 0.6 is 0 Å². The van der Waals surface area contributed by atoms with Crippen LogP contribution in [0, 0.1) is 0 Å². The van der Waals surface area contributed by atoms with Gasteiger partial charge in [0, 0.05) is 13.5 Å². The molecule has 152 valence electrons. The summed E-state index contributed by atoms with van der Waals surface area (Å²) in [4.78, 5) is 46.4. The van der Waals surface area contributed by atoms with Gasteiger partial charge in [0.05, 0.1) is 0 Å². The van der Waals surface area contributed by atoms with Gasteiger partial charge in [-0.2, -0.15) is 0 Å². The molecule has 1 heterocycles. The first kappa shape index (κ1) is 21.2. The number of carbonyl (C=O) groups excluding carboxylic acids is 4. The summed E-state index contributed by atoms with van der Waals surface area (Å²) in [5.41, 5.74) is 0.906. The Kier molecular flexibility index (Phi) is 8.26. The number of ether oxygens (including phenoxy) is 2. The molecule has 3 amide bonds. The Labute approximate surface area is 163 Å². The second-order valence-corrected chi connectivity index (χ2v) is 6.41. The molecule has 0 spiro atoms. The van der Waals surface area contributed by atoms with E-state index >= 15 is 0 Å². The van der Waals surface area contributed by atoms with Gasteiger partial charge in [-0.3, -0.25) is 14.4 Å². The molecule has 3 N–H and O–H groups in total. The van der Waals surface area contributed by atoms with Gasteiger partial charge in [-0.05, 0) is 24.8 Å².